The van der Waals surface area contributed by atoms with Crippen molar-refractivity contribution in [3.05, 3.63) is 95.6 Å². The molecule has 0 saturated carbocycles. The minimum atomic E-state index is -0.433. The van der Waals surface area contributed by atoms with Crippen molar-refractivity contribution in [1.82, 2.24) is 9.88 Å². The van der Waals surface area contributed by atoms with E-state index in [1.165, 1.54) is 17.7 Å². The van der Waals surface area contributed by atoms with E-state index < -0.39 is 5.91 Å². The van der Waals surface area contributed by atoms with E-state index in [0.29, 0.717) is 17.9 Å². The highest BCUT2D eigenvalue weighted by atomic mass is 19.1. The summed E-state index contributed by atoms with van der Waals surface area (Å²) in [6, 6.07) is 21.8. The highest BCUT2D eigenvalue weighted by molar-refractivity contribution is 6.01. The molecule has 1 amide bonds. The van der Waals surface area contributed by atoms with Gasteiger partial charge in [-0.15, -0.1) is 0 Å². The number of aromatic nitrogens is 1. The second-order valence-corrected chi connectivity index (χ2v) is 6.27. The number of amides is 1. The van der Waals surface area contributed by atoms with Gasteiger partial charge >= 0.3 is 0 Å². The Labute approximate surface area is 163 Å². The fraction of sp³-hybridized carbons (Fsp3) is 0.130. The largest absolute Gasteiger partial charge is 0.351 e. The summed E-state index contributed by atoms with van der Waals surface area (Å²) in [5.74, 6) is -0.811. The maximum absolute atomic E-state index is 14.1. The number of carbonyl (C=O) groups excluding carboxylic acids is 1. The number of nitrogens with one attached hydrogen (secondary N) is 1. The van der Waals surface area contributed by atoms with Gasteiger partial charge in [0.2, 0.25) is 0 Å². The highest BCUT2D eigenvalue weighted by Crippen LogP contribution is 2.18. The molecule has 3 aromatic rings. The van der Waals surface area contributed by atoms with Gasteiger partial charge < -0.3 is 9.88 Å². The molecule has 0 spiro atoms. The maximum Gasteiger partial charge on any atom is 0.262 e. The lowest BCUT2D eigenvalue weighted by Crippen LogP contribution is -2.26. The van der Waals surface area contributed by atoms with Gasteiger partial charge in [-0.25, -0.2) is 4.39 Å². The molecule has 0 aliphatic carbocycles. The molecule has 0 aliphatic rings. The summed E-state index contributed by atoms with van der Waals surface area (Å²) in [4.78, 5) is 12.3. The maximum atomic E-state index is 14.1. The first kappa shape index (κ1) is 19.1. The third-order valence-electron chi connectivity index (χ3n) is 4.32. The zero-order chi connectivity index (χ0) is 19.8. The van der Waals surface area contributed by atoms with E-state index in [9.17, 15) is 14.4 Å². The van der Waals surface area contributed by atoms with Crippen LogP contribution in [0.1, 0.15) is 17.7 Å². The number of nitriles is 1. The van der Waals surface area contributed by atoms with Crippen LogP contribution < -0.4 is 5.32 Å². The number of carbonyl (C=O) groups is 1. The molecule has 28 heavy (non-hydrogen) atoms. The van der Waals surface area contributed by atoms with Crippen molar-refractivity contribution in [3.8, 4) is 11.8 Å². The Balaban J connectivity index is 1.66. The average molecular weight is 373 g/mol. The topological polar surface area (TPSA) is 57.8 Å². The monoisotopic (exact) mass is 373 g/mol. The summed E-state index contributed by atoms with van der Waals surface area (Å²) >= 11 is 0. The van der Waals surface area contributed by atoms with Gasteiger partial charge in [-0.2, -0.15) is 5.26 Å². The molecule has 0 saturated heterocycles. The highest BCUT2D eigenvalue weighted by Gasteiger charge is 2.11. The van der Waals surface area contributed by atoms with Crippen molar-refractivity contribution >= 4 is 12.0 Å². The number of hydrogen-bond acceptors (Lipinski definition) is 2. The van der Waals surface area contributed by atoms with E-state index in [-0.39, 0.29) is 11.4 Å². The molecule has 1 heterocycles. The Bertz CT molecular complexity index is 1020. The summed E-state index contributed by atoms with van der Waals surface area (Å²) in [7, 11) is 0. The van der Waals surface area contributed by atoms with E-state index >= 15 is 0 Å². The van der Waals surface area contributed by atoms with Crippen LogP contribution in [-0.4, -0.2) is 17.0 Å². The Morgan fingerprint density at radius 3 is 2.57 bits per heavy atom. The van der Waals surface area contributed by atoms with Gasteiger partial charge in [0, 0.05) is 18.4 Å². The minimum absolute atomic E-state index is 0.0176. The SMILES string of the molecule is N#C/C(=C/c1cccn1-c1ccccc1F)C(=O)NCCCc1ccccc1. The molecule has 0 fully saturated rings. The standard InChI is InChI=1S/C23H20FN3O/c24-21-12-4-5-13-22(21)27-15-7-11-20(27)16-19(17-25)23(28)26-14-6-10-18-8-2-1-3-9-18/h1-5,7-9,11-13,15-16H,6,10,14H2,(H,26,28)/b19-16-. The molecule has 0 unspecified atom stereocenters. The molecule has 4 nitrogen and oxygen atoms in total. The zero-order valence-corrected chi connectivity index (χ0v) is 15.3. The average Bonchev–Trinajstić information content (AvgIpc) is 3.18. The summed E-state index contributed by atoms with van der Waals surface area (Å²) in [6.07, 6.45) is 4.79. The van der Waals surface area contributed by atoms with Crippen LogP contribution in [0.5, 0.6) is 0 Å². The second-order valence-electron chi connectivity index (χ2n) is 6.27. The molecule has 3 rings (SSSR count). The van der Waals surface area contributed by atoms with Gasteiger partial charge in [-0.1, -0.05) is 42.5 Å². The number of nitrogens with zero attached hydrogens (tertiary/aromatic N) is 2. The van der Waals surface area contributed by atoms with Crippen LogP contribution in [0, 0.1) is 17.1 Å². The summed E-state index contributed by atoms with van der Waals surface area (Å²) in [5, 5.41) is 12.2. The molecule has 0 atom stereocenters. The molecular weight excluding hydrogens is 353 g/mol. The van der Waals surface area contributed by atoms with Crippen molar-refractivity contribution in [2.24, 2.45) is 0 Å². The summed E-state index contributed by atoms with van der Waals surface area (Å²) in [5.41, 5.74) is 2.10. The van der Waals surface area contributed by atoms with Crippen LogP contribution in [0.2, 0.25) is 0 Å². The molecule has 0 bridgehead atoms. The first-order valence-electron chi connectivity index (χ1n) is 9.05. The molecule has 140 valence electrons. The van der Waals surface area contributed by atoms with Crippen LogP contribution in [0.4, 0.5) is 4.39 Å². The number of rotatable bonds is 7. The van der Waals surface area contributed by atoms with Gasteiger partial charge in [0.05, 0.1) is 5.69 Å². The fourth-order valence-corrected chi connectivity index (χ4v) is 2.91. The number of para-hydroxylation sites is 1. The van der Waals surface area contributed by atoms with Crippen LogP contribution >= 0.6 is 0 Å². The third kappa shape index (κ3) is 4.74. The molecule has 0 radical (unpaired) electrons. The molecule has 0 aliphatic heterocycles. The van der Waals surface area contributed by atoms with Gasteiger partial charge in [0.15, 0.2) is 0 Å². The number of aryl methyl sites for hydroxylation is 1. The minimum Gasteiger partial charge on any atom is -0.351 e. The zero-order valence-electron chi connectivity index (χ0n) is 15.3. The molecule has 5 heteroatoms. The van der Waals surface area contributed by atoms with E-state index in [1.54, 1.807) is 41.1 Å². The number of hydrogen-bond donors (Lipinski definition) is 1. The first-order valence-corrected chi connectivity index (χ1v) is 9.05. The predicted octanol–water partition coefficient (Wildman–Crippen LogP) is 4.27. The molecule has 2 aromatic carbocycles. The van der Waals surface area contributed by atoms with E-state index in [0.717, 1.165) is 12.8 Å². The first-order chi connectivity index (χ1) is 13.7. The molecule has 1 aromatic heterocycles. The van der Waals surface area contributed by atoms with Gasteiger partial charge in [0.1, 0.15) is 17.5 Å². The van der Waals surface area contributed by atoms with Crippen LogP contribution in [-0.2, 0) is 11.2 Å². The van der Waals surface area contributed by atoms with E-state index in [1.807, 2.05) is 36.4 Å². The van der Waals surface area contributed by atoms with Gasteiger partial charge in [0.25, 0.3) is 5.91 Å². The number of benzene rings is 2. The lowest BCUT2D eigenvalue weighted by molar-refractivity contribution is -0.117. The third-order valence-corrected chi connectivity index (χ3v) is 4.32. The van der Waals surface area contributed by atoms with Crippen molar-refractivity contribution in [1.29, 1.82) is 5.26 Å². The van der Waals surface area contributed by atoms with Crippen molar-refractivity contribution in [2.75, 3.05) is 6.54 Å². The van der Waals surface area contributed by atoms with Crippen molar-refractivity contribution in [2.45, 2.75) is 12.8 Å². The summed E-state index contributed by atoms with van der Waals surface area (Å²) < 4.78 is 15.7. The van der Waals surface area contributed by atoms with Gasteiger partial charge in [-0.3, -0.25) is 4.79 Å². The van der Waals surface area contributed by atoms with E-state index in [2.05, 4.69) is 5.32 Å². The Morgan fingerprint density at radius 1 is 1.07 bits per heavy atom. The van der Waals surface area contributed by atoms with Gasteiger partial charge in [-0.05, 0) is 48.7 Å². The van der Waals surface area contributed by atoms with Crippen molar-refractivity contribution in [3.63, 3.8) is 0 Å². The summed E-state index contributed by atoms with van der Waals surface area (Å²) in [6.45, 7) is 0.473. The predicted molar refractivity (Wildman–Crippen MR) is 107 cm³/mol. The Hall–Kier alpha value is -3.65. The normalized spacial score (nSPS) is 11.1. The lowest BCUT2D eigenvalue weighted by Gasteiger charge is -2.08. The Kier molecular flexibility index (Phi) is 6.37. The van der Waals surface area contributed by atoms with Crippen molar-refractivity contribution < 1.29 is 9.18 Å². The lowest BCUT2D eigenvalue weighted by atomic mass is 10.1. The van der Waals surface area contributed by atoms with Crippen LogP contribution in [0.3, 0.4) is 0 Å². The smallest absolute Gasteiger partial charge is 0.262 e. The Morgan fingerprint density at radius 2 is 1.82 bits per heavy atom. The molecule has 1 N–H and O–H groups in total. The quantitative estimate of drug-likeness (QED) is 0.382. The molecular formula is C23H20FN3O. The van der Waals surface area contributed by atoms with Crippen LogP contribution in [0.25, 0.3) is 11.8 Å². The van der Waals surface area contributed by atoms with Crippen LogP contribution in [0.15, 0.2) is 78.5 Å². The van der Waals surface area contributed by atoms with E-state index in [4.69, 9.17) is 0 Å². The second kappa shape index (κ2) is 9.33. The fourth-order valence-electron chi connectivity index (χ4n) is 2.91. The number of halogens is 1.